The van der Waals surface area contributed by atoms with Crippen molar-refractivity contribution < 1.29 is 4.52 Å². The fourth-order valence-electron chi connectivity index (χ4n) is 1.56. The minimum Gasteiger partial charge on any atom is -0.337 e. The van der Waals surface area contributed by atoms with Gasteiger partial charge in [0.25, 0.3) is 0 Å². The fraction of sp³-hybridized carbons (Fsp3) is 0.636. The van der Waals surface area contributed by atoms with Gasteiger partial charge in [-0.05, 0) is 12.8 Å². The van der Waals surface area contributed by atoms with E-state index in [2.05, 4.69) is 50.2 Å². The van der Waals surface area contributed by atoms with E-state index >= 15 is 0 Å². The Morgan fingerprint density at radius 3 is 3.00 bits per heavy atom. The summed E-state index contributed by atoms with van der Waals surface area (Å²) in [5.74, 6) is 1.32. The lowest BCUT2D eigenvalue weighted by atomic mass is 10.3. The first-order valence-corrected chi connectivity index (χ1v) is 7.00. The molecule has 0 N–H and O–H groups in total. The highest BCUT2D eigenvalue weighted by atomic mass is 79.9. The molecule has 18 heavy (non-hydrogen) atoms. The number of rotatable bonds is 6. The van der Waals surface area contributed by atoms with Crippen LogP contribution in [-0.2, 0) is 13.0 Å². The summed E-state index contributed by atoms with van der Waals surface area (Å²) in [6.07, 6.45) is 4.71. The van der Waals surface area contributed by atoms with E-state index in [1.165, 1.54) is 0 Å². The van der Waals surface area contributed by atoms with E-state index in [0.29, 0.717) is 12.4 Å². The molecule has 0 bridgehead atoms. The van der Waals surface area contributed by atoms with Gasteiger partial charge in [-0.25, -0.2) is 4.68 Å². The van der Waals surface area contributed by atoms with Gasteiger partial charge in [-0.3, -0.25) is 0 Å². The molecule has 0 aliphatic rings. The van der Waals surface area contributed by atoms with Crippen LogP contribution in [0.4, 0.5) is 0 Å². The normalized spacial score (nSPS) is 12.8. The van der Waals surface area contributed by atoms with Crippen LogP contribution >= 0.6 is 15.9 Å². The third-order valence-electron chi connectivity index (χ3n) is 2.52. The number of nitrogens with zero attached hydrogens (tertiary/aromatic N) is 5. The first kappa shape index (κ1) is 13.2. The summed E-state index contributed by atoms with van der Waals surface area (Å²) in [4.78, 5) is 4.53. The highest BCUT2D eigenvalue weighted by Crippen LogP contribution is 2.23. The first-order chi connectivity index (χ1) is 8.72. The van der Waals surface area contributed by atoms with Gasteiger partial charge in [-0.2, -0.15) is 4.98 Å². The maximum atomic E-state index is 5.16. The minimum absolute atomic E-state index is 0.240. The van der Waals surface area contributed by atoms with Crippen molar-refractivity contribution in [1.82, 2.24) is 25.1 Å². The van der Waals surface area contributed by atoms with Crippen LogP contribution in [0.3, 0.4) is 0 Å². The lowest BCUT2D eigenvalue weighted by molar-refractivity contribution is 0.359. The molecule has 0 saturated carbocycles. The van der Waals surface area contributed by atoms with Crippen molar-refractivity contribution in [2.75, 3.05) is 0 Å². The molecule has 0 aliphatic heterocycles. The molecule has 2 aromatic rings. The second kappa shape index (κ2) is 6.08. The third-order valence-corrected chi connectivity index (χ3v) is 3.63. The second-order valence-electron chi connectivity index (χ2n) is 4.07. The molecule has 6 nitrogen and oxygen atoms in total. The van der Waals surface area contributed by atoms with Crippen molar-refractivity contribution in [3.05, 3.63) is 23.6 Å². The first-order valence-electron chi connectivity index (χ1n) is 6.08. The average Bonchev–Trinajstić information content (AvgIpc) is 2.99. The van der Waals surface area contributed by atoms with Gasteiger partial charge in [0.1, 0.15) is 6.54 Å². The van der Waals surface area contributed by atoms with E-state index in [1.807, 2.05) is 6.20 Å². The van der Waals surface area contributed by atoms with Crippen LogP contribution < -0.4 is 0 Å². The van der Waals surface area contributed by atoms with Gasteiger partial charge < -0.3 is 4.52 Å². The molecule has 98 valence electrons. The summed E-state index contributed by atoms with van der Waals surface area (Å²) in [6.45, 7) is 4.64. The summed E-state index contributed by atoms with van der Waals surface area (Å²) in [5, 5.41) is 12.1. The van der Waals surface area contributed by atoms with Gasteiger partial charge >= 0.3 is 0 Å². The van der Waals surface area contributed by atoms with Crippen LogP contribution in [0, 0.1) is 0 Å². The quantitative estimate of drug-likeness (QED) is 0.766. The van der Waals surface area contributed by atoms with Crippen LogP contribution in [0.25, 0.3) is 0 Å². The summed E-state index contributed by atoms with van der Waals surface area (Å²) in [5.41, 5.74) is 0.922. The SMILES string of the molecule is CCCc1noc(Cn2cc(C(Br)CC)nn2)n1. The fourth-order valence-corrected chi connectivity index (χ4v) is 1.77. The number of aryl methyl sites for hydroxylation is 1. The largest absolute Gasteiger partial charge is 0.337 e. The molecule has 1 unspecified atom stereocenters. The van der Waals surface area contributed by atoms with Gasteiger partial charge in [-0.15, -0.1) is 5.10 Å². The Balaban J connectivity index is 2.01. The van der Waals surface area contributed by atoms with Crippen molar-refractivity contribution >= 4 is 15.9 Å². The standard InChI is InChI=1S/C11H16BrN5O/c1-3-5-10-13-11(18-15-10)7-17-6-9(14-16-17)8(12)4-2/h6,8H,3-5,7H2,1-2H3. The number of aromatic nitrogens is 5. The van der Waals surface area contributed by atoms with Crippen LogP contribution in [0.2, 0.25) is 0 Å². The highest BCUT2D eigenvalue weighted by molar-refractivity contribution is 9.09. The highest BCUT2D eigenvalue weighted by Gasteiger charge is 2.11. The van der Waals surface area contributed by atoms with E-state index in [4.69, 9.17) is 4.52 Å². The maximum absolute atomic E-state index is 5.16. The summed E-state index contributed by atoms with van der Waals surface area (Å²) in [7, 11) is 0. The topological polar surface area (TPSA) is 69.6 Å². The number of hydrogen-bond acceptors (Lipinski definition) is 5. The van der Waals surface area contributed by atoms with Crippen LogP contribution in [0.1, 0.15) is 48.9 Å². The molecule has 2 heterocycles. The average molecular weight is 314 g/mol. The molecule has 1 atom stereocenters. The molecule has 2 rings (SSSR count). The molecule has 0 spiro atoms. The predicted molar refractivity (Wildman–Crippen MR) is 69.4 cm³/mol. The van der Waals surface area contributed by atoms with Crippen LogP contribution in [-0.4, -0.2) is 25.1 Å². The Morgan fingerprint density at radius 1 is 1.44 bits per heavy atom. The van der Waals surface area contributed by atoms with Crippen molar-refractivity contribution in [3.63, 3.8) is 0 Å². The van der Waals surface area contributed by atoms with E-state index in [9.17, 15) is 0 Å². The molecule has 0 fully saturated rings. The van der Waals surface area contributed by atoms with Crippen molar-refractivity contribution in [2.45, 2.75) is 44.5 Å². The third kappa shape index (κ3) is 3.16. The van der Waals surface area contributed by atoms with Crippen molar-refractivity contribution in [3.8, 4) is 0 Å². The zero-order chi connectivity index (χ0) is 13.0. The van der Waals surface area contributed by atoms with Crippen LogP contribution in [0.15, 0.2) is 10.7 Å². The lowest BCUT2D eigenvalue weighted by Gasteiger charge is -1.98. The summed E-state index contributed by atoms with van der Waals surface area (Å²) < 4.78 is 6.87. The Kier molecular flexibility index (Phi) is 4.46. The van der Waals surface area contributed by atoms with Gasteiger partial charge in [0.2, 0.25) is 5.89 Å². The number of halogens is 1. The van der Waals surface area contributed by atoms with E-state index in [0.717, 1.165) is 30.8 Å². The molecule has 0 aliphatic carbocycles. The molecule has 2 aromatic heterocycles. The Bertz CT molecular complexity index is 495. The predicted octanol–water partition coefficient (Wildman–Crippen LogP) is 2.51. The van der Waals surface area contributed by atoms with Gasteiger partial charge in [-0.1, -0.05) is 40.1 Å². The van der Waals surface area contributed by atoms with Gasteiger partial charge in [0.05, 0.1) is 16.7 Å². The zero-order valence-corrected chi connectivity index (χ0v) is 12.1. The Morgan fingerprint density at radius 2 is 2.28 bits per heavy atom. The van der Waals surface area contributed by atoms with Gasteiger partial charge in [0.15, 0.2) is 5.82 Å². The molecule has 0 saturated heterocycles. The van der Waals surface area contributed by atoms with E-state index in [-0.39, 0.29) is 4.83 Å². The van der Waals surface area contributed by atoms with Crippen LogP contribution in [0.5, 0.6) is 0 Å². The van der Waals surface area contributed by atoms with Gasteiger partial charge in [0, 0.05) is 6.42 Å². The van der Waals surface area contributed by atoms with E-state index < -0.39 is 0 Å². The zero-order valence-electron chi connectivity index (χ0n) is 10.5. The summed E-state index contributed by atoms with van der Waals surface area (Å²) >= 11 is 3.54. The summed E-state index contributed by atoms with van der Waals surface area (Å²) in [6, 6.07) is 0. The molecule has 0 aromatic carbocycles. The van der Waals surface area contributed by atoms with E-state index in [1.54, 1.807) is 4.68 Å². The van der Waals surface area contributed by atoms with Crippen molar-refractivity contribution in [1.29, 1.82) is 0 Å². The minimum atomic E-state index is 0.240. The molecular formula is C11H16BrN5O. The molecule has 0 amide bonds. The maximum Gasteiger partial charge on any atom is 0.248 e. The number of alkyl halides is 1. The van der Waals surface area contributed by atoms with Crippen molar-refractivity contribution in [2.24, 2.45) is 0 Å². The lowest BCUT2D eigenvalue weighted by Crippen LogP contribution is -2.01. The number of hydrogen-bond donors (Lipinski definition) is 0. The smallest absolute Gasteiger partial charge is 0.248 e. The Hall–Kier alpha value is -1.24. The molecule has 7 heteroatoms. The molecule has 0 radical (unpaired) electrons. The molecular weight excluding hydrogens is 298 g/mol. The monoisotopic (exact) mass is 313 g/mol. The Labute approximate surface area is 114 Å². The second-order valence-corrected chi connectivity index (χ2v) is 5.18.